The average molecular weight is 553 g/mol. The molecule has 0 spiro atoms. The largest absolute Gasteiger partial charge is 0.497 e. The van der Waals surface area contributed by atoms with Crippen molar-refractivity contribution in [2.75, 3.05) is 27.3 Å². The number of carbonyl (C=O) groups excluding carboxylic acids is 1. The summed E-state index contributed by atoms with van der Waals surface area (Å²) in [5.74, 6) is 1.29. The van der Waals surface area contributed by atoms with Gasteiger partial charge in [-0.05, 0) is 48.6 Å². The number of para-hydroxylation sites is 3. The first-order valence-corrected chi connectivity index (χ1v) is 14.3. The van der Waals surface area contributed by atoms with Gasteiger partial charge in [0.05, 0.1) is 25.3 Å². The SMILES string of the molecule is CCc1cccc2c(C(CC(=O)N3CCC(n4c(=O)[nH]c5ccccc54)CC3)c3ccc(OC)cc3OC)c[nH]c12. The Bertz CT molecular complexity index is 1760. The molecule has 1 aliphatic heterocycles. The predicted molar refractivity (Wildman–Crippen MR) is 161 cm³/mol. The highest BCUT2D eigenvalue weighted by Gasteiger charge is 2.30. The topological polar surface area (TPSA) is 92.3 Å². The number of rotatable bonds is 8. The van der Waals surface area contributed by atoms with Gasteiger partial charge in [0.2, 0.25) is 5.91 Å². The van der Waals surface area contributed by atoms with E-state index in [0.717, 1.165) is 52.3 Å². The Labute approximate surface area is 238 Å². The Balaban J connectivity index is 1.29. The van der Waals surface area contributed by atoms with Gasteiger partial charge < -0.3 is 24.3 Å². The molecule has 2 aromatic heterocycles. The molecule has 0 saturated carbocycles. The van der Waals surface area contributed by atoms with E-state index < -0.39 is 0 Å². The Morgan fingerprint density at radius 1 is 1.00 bits per heavy atom. The van der Waals surface area contributed by atoms with Crippen molar-refractivity contribution in [3.63, 3.8) is 0 Å². The molecule has 8 nitrogen and oxygen atoms in total. The third kappa shape index (κ3) is 4.88. The summed E-state index contributed by atoms with van der Waals surface area (Å²) in [5.41, 5.74) is 6.05. The third-order valence-electron chi connectivity index (χ3n) is 8.59. The van der Waals surface area contributed by atoms with E-state index in [-0.39, 0.29) is 23.6 Å². The molecule has 1 saturated heterocycles. The van der Waals surface area contributed by atoms with Crippen LogP contribution >= 0.6 is 0 Å². The summed E-state index contributed by atoms with van der Waals surface area (Å²) in [5, 5.41) is 1.12. The molecule has 1 amide bonds. The van der Waals surface area contributed by atoms with Gasteiger partial charge in [-0.15, -0.1) is 0 Å². The first-order chi connectivity index (χ1) is 20.0. The van der Waals surface area contributed by atoms with Crippen molar-refractivity contribution in [3.8, 4) is 11.5 Å². The van der Waals surface area contributed by atoms with Crippen molar-refractivity contribution in [3.05, 3.63) is 94.0 Å². The first-order valence-electron chi connectivity index (χ1n) is 14.3. The average Bonchev–Trinajstić information content (AvgIpc) is 3.60. The van der Waals surface area contributed by atoms with Gasteiger partial charge >= 0.3 is 5.69 Å². The molecule has 1 unspecified atom stereocenters. The second-order valence-corrected chi connectivity index (χ2v) is 10.7. The zero-order valence-corrected chi connectivity index (χ0v) is 23.8. The fourth-order valence-electron chi connectivity index (χ4n) is 6.43. The van der Waals surface area contributed by atoms with E-state index in [2.05, 4.69) is 35.1 Å². The van der Waals surface area contributed by atoms with Crippen LogP contribution in [-0.2, 0) is 11.2 Å². The smallest absolute Gasteiger partial charge is 0.326 e. The number of piperidine rings is 1. The number of benzene rings is 3. The number of ether oxygens (including phenoxy) is 2. The molecule has 1 aliphatic rings. The molecular weight excluding hydrogens is 516 g/mol. The van der Waals surface area contributed by atoms with E-state index >= 15 is 0 Å². The van der Waals surface area contributed by atoms with Gasteiger partial charge in [-0.25, -0.2) is 4.79 Å². The second-order valence-electron chi connectivity index (χ2n) is 10.7. The summed E-state index contributed by atoms with van der Waals surface area (Å²) < 4.78 is 13.1. The molecule has 1 fully saturated rings. The van der Waals surface area contributed by atoms with Gasteiger partial charge in [0, 0.05) is 60.2 Å². The highest BCUT2D eigenvalue weighted by molar-refractivity contribution is 5.88. The van der Waals surface area contributed by atoms with E-state index in [0.29, 0.717) is 31.0 Å². The number of nitrogens with one attached hydrogen (secondary N) is 2. The fourth-order valence-corrected chi connectivity index (χ4v) is 6.43. The molecule has 212 valence electrons. The second kappa shape index (κ2) is 11.2. The number of methoxy groups -OCH3 is 2. The number of aromatic nitrogens is 3. The van der Waals surface area contributed by atoms with Gasteiger partial charge in [-0.3, -0.25) is 9.36 Å². The molecule has 8 heteroatoms. The Kier molecular flexibility index (Phi) is 7.30. The van der Waals surface area contributed by atoms with Gasteiger partial charge in [0.25, 0.3) is 0 Å². The lowest BCUT2D eigenvalue weighted by molar-refractivity contribution is -0.132. The van der Waals surface area contributed by atoms with Crippen LogP contribution in [0.3, 0.4) is 0 Å². The van der Waals surface area contributed by atoms with Gasteiger partial charge in [0.15, 0.2) is 0 Å². The van der Waals surface area contributed by atoms with Crippen LogP contribution in [-0.4, -0.2) is 52.7 Å². The molecule has 41 heavy (non-hydrogen) atoms. The number of nitrogens with zero attached hydrogens (tertiary/aromatic N) is 2. The lowest BCUT2D eigenvalue weighted by Gasteiger charge is -2.33. The van der Waals surface area contributed by atoms with E-state index in [4.69, 9.17) is 9.47 Å². The molecule has 0 bridgehead atoms. The quantitative estimate of drug-likeness (QED) is 0.255. The van der Waals surface area contributed by atoms with Gasteiger partial charge in [-0.2, -0.15) is 0 Å². The number of aryl methyl sites for hydroxylation is 1. The highest BCUT2D eigenvalue weighted by atomic mass is 16.5. The van der Waals surface area contributed by atoms with Crippen molar-refractivity contribution >= 4 is 27.8 Å². The zero-order chi connectivity index (χ0) is 28.5. The number of hydrogen-bond donors (Lipinski definition) is 2. The first kappa shape index (κ1) is 26.7. The summed E-state index contributed by atoms with van der Waals surface area (Å²) in [4.78, 5) is 35.1. The van der Waals surface area contributed by atoms with Crippen molar-refractivity contribution in [1.29, 1.82) is 0 Å². The highest BCUT2D eigenvalue weighted by Crippen LogP contribution is 2.40. The lowest BCUT2D eigenvalue weighted by atomic mass is 9.86. The lowest BCUT2D eigenvalue weighted by Crippen LogP contribution is -2.41. The van der Waals surface area contributed by atoms with E-state index in [9.17, 15) is 9.59 Å². The van der Waals surface area contributed by atoms with Crippen LogP contribution in [0, 0.1) is 0 Å². The number of fused-ring (bicyclic) bond motifs is 2. The number of aromatic amines is 2. The van der Waals surface area contributed by atoms with Crippen LogP contribution in [0.15, 0.2) is 71.7 Å². The maximum absolute atomic E-state index is 13.9. The number of H-pyrrole nitrogens is 2. The summed E-state index contributed by atoms with van der Waals surface area (Å²) >= 11 is 0. The molecule has 5 aromatic rings. The molecule has 2 N–H and O–H groups in total. The molecule has 3 aromatic carbocycles. The number of hydrogen-bond acceptors (Lipinski definition) is 4. The normalized spacial score (nSPS) is 15.0. The predicted octanol–water partition coefficient (Wildman–Crippen LogP) is 5.78. The Morgan fingerprint density at radius 2 is 1.80 bits per heavy atom. The van der Waals surface area contributed by atoms with E-state index in [1.165, 1.54) is 5.56 Å². The number of amides is 1. The Morgan fingerprint density at radius 3 is 2.56 bits per heavy atom. The van der Waals surface area contributed by atoms with Gasteiger partial charge in [-0.1, -0.05) is 43.3 Å². The third-order valence-corrected chi connectivity index (χ3v) is 8.59. The number of likely N-dealkylation sites (tertiary alicyclic amines) is 1. The molecule has 1 atom stereocenters. The molecular formula is C33H36N4O4. The number of imidazole rings is 1. The maximum Gasteiger partial charge on any atom is 0.326 e. The van der Waals surface area contributed by atoms with Crippen LogP contribution in [0.2, 0.25) is 0 Å². The van der Waals surface area contributed by atoms with Crippen LogP contribution in [0.1, 0.15) is 54.8 Å². The van der Waals surface area contributed by atoms with Crippen molar-refractivity contribution in [2.24, 2.45) is 0 Å². The monoisotopic (exact) mass is 552 g/mol. The zero-order valence-electron chi connectivity index (χ0n) is 23.8. The maximum atomic E-state index is 13.9. The standard InChI is InChI=1S/C33H36N4O4/c1-4-21-8-7-9-25-27(20-34-32(21)25)26(24-13-12-23(40-2)18-30(24)41-3)19-31(38)36-16-14-22(15-17-36)37-29-11-6-5-10-28(29)35-33(37)39/h5-13,18,20,22,26,34H,4,14-17,19H2,1-3H3,(H,35,39). The Hall–Kier alpha value is -4.46. The number of carbonyl (C=O) groups is 1. The summed E-state index contributed by atoms with van der Waals surface area (Å²) in [6.07, 6.45) is 4.74. The van der Waals surface area contributed by atoms with E-state index in [1.807, 2.05) is 58.1 Å². The summed E-state index contributed by atoms with van der Waals surface area (Å²) in [6.45, 7) is 3.36. The van der Waals surface area contributed by atoms with Crippen LogP contribution in [0.5, 0.6) is 11.5 Å². The van der Waals surface area contributed by atoms with E-state index in [1.54, 1.807) is 14.2 Å². The fraction of sp³-hybridized carbons (Fsp3) is 0.333. The van der Waals surface area contributed by atoms with Crippen LogP contribution in [0.4, 0.5) is 0 Å². The van der Waals surface area contributed by atoms with Gasteiger partial charge in [0.1, 0.15) is 11.5 Å². The molecule has 3 heterocycles. The molecule has 0 radical (unpaired) electrons. The minimum atomic E-state index is -0.210. The minimum Gasteiger partial charge on any atom is -0.497 e. The molecule has 6 rings (SSSR count). The van der Waals surface area contributed by atoms with Crippen LogP contribution in [0.25, 0.3) is 21.9 Å². The van der Waals surface area contributed by atoms with Crippen LogP contribution < -0.4 is 15.2 Å². The minimum absolute atomic E-state index is 0.0567. The summed E-state index contributed by atoms with van der Waals surface area (Å²) in [7, 11) is 3.29. The van der Waals surface area contributed by atoms with Crippen molar-refractivity contribution in [2.45, 2.75) is 44.6 Å². The van der Waals surface area contributed by atoms with Crippen molar-refractivity contribution in [1.82, 2.24) is 19.4 Å². The van der Waals surface area contributed by atoms with Crippen molar-refractivity contribution < 1.29 is 14.3 Å². The molecule has 0 aliphatic carbocycles. The summed E-state index contributed by atoms with van der Waals surface area (Å²) in [6, 6.07) is 20.0.